The van der Waals surface area contributed by atoms with Crippen LogP contribution in [0, 0.1) is 0 Å². The number of nitrogens with one attached hydrogen (secondary N) is 1. The lowest BCUT2D eigenvalue weighted by molar-refractivity contribution is -0.132. The smallest absolute Gasteiger partial charge is 0.408 e. The largest absolute Gasteiger partial charge is 0.444 e. The molecule has 7 heteroatoms. The first kappa shape index (κ1) is 22.4. The first-order valence-corrected chi connectivity index (χ1v) is 10.2. The third kappa shape index (κ3) is 6.33. The summed E-state index contributed by atoms with van der Waals surface area (Å²) in [6.45, 7) is 7.53. The second-order valence-corrected chi connectivity index (χ2v) is 8.81. The number of carbonyl (C=O) groups is 2. The molecule has 1 heterocycles. The lowest BCUT2D eigenvalue weighted by Crippen LogP contribution is -2.51. The molecule has 1 aliphatic heterocycles. The van der Waals surface area contributed by atoms with Gasteiger partial charge in [-0.05, 0) is 51.8 Å². The van der Waals surface area contributed by atoms with Crippen molar-refractivity contribution in [3.8, 4) is 0 Å². The third-order valence-electron chi connectivity index (χ3n) is 4.39. The Morgan fingerprint density at radius 1 is 1.32 bits per heavy atom. The van der Waals surface area contributed by atoms with Gasteiger partial charge in [0.15, 0.2) is 0 Å². The number of hydrogen-bond donors (Lipinski definition) is 1. The Balaban J connectivity index is 2.34. The summed E-state index contributed by atoms with van der Waals surface area (Å²) in [5, 5.41) is 2.73. The van der Waals surface area contributed by atoms with Gasteiger partial charge in [0.05, 0.1) is 6.54 Å². The molecule has 1 aromatic carbocycles. The van der Waals surface area contributed by atoms with Crippen LogP contribution >= 0.6 is 15.9 Å². The molecule has 1 N–H and O–H groups in total. The van der Waals surface area contributed by atoms with E-state index in [9.17, 15) is 14.0 Å². The number of nitrogens with zero attached hydrogens (tertiary/aromatic N) is 1. The van der Waals surface area contributed by atoms with Gasteiger partial charge in [-0.25, -0.2) is 9.18 Å². The summed E-state index contributed by atoms with van der Waals surface area (Å²) in [4.78, 5) is 27.1. The molecule has 1 unspecified atom stereocenters. The zero-order chi connectivity index (χ0) is 20.9. The van der Waals surface area contributed by atoms with Crippen molar-refractivity contribution in [2.45, 2.75) is 57.8 Å². The number of carbonyl (C=O) groups excluding carboxylic acids is 2. The molecule has 0 aliphatic carbocycles. The van der Waals surface area contributed by atoms with Crippen LogP contribution in [-0.4, -0.2) is 47.8 Å². The fraction of sp³-hybridized carbons (Fsp3) is 0.524. The van der Waals surface area contributed by atoms with Crippen LogP contribution in [0.1, 0.15) is 45.6 Å². The van der Waals surface area contributed by atoms with Crippen molar-refractivity contribution < 1.29 is 18.7 Å². The number of alkyl carbamates (subject to hydrolysis) is 1. The zero-order valence-corrected chi connectivity index (χ0v) is 18.3. The summed E-state index contributed by atoms with van der Waals surface area (Å²) in [6.07, 6.45) is 2.32. The maximum Gasteiger partial charge on any atom is 0.408 e. The van der Waals surface area contributed by atoms with Gasteiger partial charge in [-0.2, -0.15) is 0 Å². The van der Waals surface area contributed by atoms with E-state index >= 15 is 0 Å². The molecular formula is C21H28BrFN2O3. The van der Waals surface area contributed by atoms with Gasteiger partial charge >= 0.3 is 6.09 Å². The molecule has 0 radical (unpaired) electrons. The first-order valence-electron chi connectivity index (χ1n) is 9.41. The predicted octanol–water partition coefficient (Wildman–Crippen LogP) is 4.57. The van der Waals surface area contributed by atoms with Crippen molar-refractivity contribution in [3.63, 3.8) is 0 Å². The van der Waals surface area contributed by atoms with E-state index < -0.39 is 29.8 Å². The molecule has 1 aliphatic rings. The van der Waals surface area contributed by atoms with Crippen LogP contribution in [0.25, 0.3) is 0 Å². The Kier molecular flexibility index (Phi) is 7.63. The molecule has 0 saturated carbocycles. The fourth-order valence-electron chi connectivity index (χ4n) is 3.16. The topological polar surface area (TPSA) is 58.6 Å². The van der Waals surface area contributed by atoms with Gasteiger partial charge in [0.2, 0.25) is 5.91 Å². The number of alkyl halides is 1. The van der Waals surface area contributed by atoms with Crippen molar-refractivity contribution in [1.82, 2.24) is 10.2 Å². The number of hydrogen-bond acceptors (Lipinski definition) is 3. The zero-order valence-electron chi connectivity index (χ0n) is 16.7. The van der Waals surface area contributed by atoms with E-state index in [4.69, 9.17) is 4.74 Å². The van der Waals surface area contributed by atoms with Gasteiger partial charge in [-0.3, -0.25) is 4.79 Å². The third-order valence-corrected chi connectivity index (χ3v) is 4.92. The SMILES string of the molecule is C/C=C/[C@@H](c1ccc(Br)cc1)[C@H](NC(=O)OC(C)(C)C)C(=O)N1CCC(F)C1. The summed E-state index contributed by atoms with van der Waals surface area (Å²) < 4.78 is 19.9. The molecule has 2 rings (SSSR count). The van der Waals surface area contributed by atoms with E-state index in [1.807, 2.05) is 43.3 Å². The summed E-state index contributed by atoms with van der Waals surface area (Å²) in [7, 11) is 0. The lowest BCUT2D eigenvalue weighted by Gasteiger charge is -2.30. The lowest BCUT2D eigenvalue weighted by atomic mass is 9.90. The van der Waals surface area contributed by atoms with Gasteiger partial charge in [-0.1, -0.05) is 40.2 Å². The minimum Gasteiger partial charge on any atom is -0.444 e. The molecule has 3 atom stereocenters. The molecule has 1 aromatic rings. The number of amides is 2. The monoisotopic (exact) mass is 454 g/mol. The summed E-state index contributed by atoms with van der Waals surface area (Å²) in [6, 6.07) is 6.67. The molecule has 2 amide bonds. The Morgan fingerprint density at radius 3 is 2.46 bits per heavy atom. The van der Waals surface area contributed by atoms with Crippen molar-refractivity contribution in [2.24, 2.45) is 0 Å². The predicted molar refractivity (Wildman–Crippen MR) is 111 cm³/mol. The second kappa shape index (κ2) is 9.54. The highest BCUT2D eigenvalue weighted by Crippen LogP contribution is 2.27. The standard InChI is InChI=1S/C21H28BrFN2O3/c1-5-6-17(14-7-9-15(22)10-8-14)18(24-20(27)28-21(2,3)4)19(26)25-12-11-16(23)13-25/h5-10,16-18H,11-13H2,1-4H3,(H,24,27)/b6-5+/t16?,17-,18-/m0/s1. The summed E-state index contributed by atoms with van der Waals surface area (Å²) >= 11 is 3.41. The van der Waals surface area contributed by atoms with E-state index in [0.29, 0.717) is 13.0 Å². The van der Waals surface area contributed by atoms with Crippen molar-refractivity contribution in [3.05, 3.63) is 46.5 Å². The fourth-order valence-corrected chi connectivity index (χ4v) is 3.43. The summed E-state index contributed by atoms with van der Waals surface area (Å²) in [5.74, 6) is -0.714. The molecule has 5 nitrogen and oxygen atoms in total. The van der Waals surface area contributed by atoms with Crippen LogP contribution in [0.2, 0.25) is 0 Å². The number of halogens is 2. The first-order chi connectivity index (χ1) is 13.1. The second-order valence-electron chi connectivity index (χ2n) is 7.90. The van der Waals surface area contributed by atoms with E-state index in [0.717, 1.165) is 10.0 Å². The quantitative estimate of drug-likeness (QED) is 0.662. The molecule has 0 bridgehead atoms. The van der Waals surface area contributed by atoms with Crippen LogP contribution < -0.4 is 5.32 Å². The molecule has 154 valence electrons. The van der Waals surface area contributed by atoms with Crippen LogP contribution in [-0.2, 0) is 9.53 Å². The molecule has 1 fully saturated rings. The average Bonchev–Trinajstić information content (AvgIpc) is 3.03. The molecule has 0 aromatic heterocycles. The van der Waals surface area contributed by atoms with Gasteiger partial charge in [-0.15, -0.1) is 0 Å². The molecule has 1 saturated heterocycles. The minimum absolute atomic E-state index is 0.0498. The van der Waals surface area contributed by atoms with Crippen LogP contribution in [0.3, 0.4) is 0 Å². The van der Waals surface area contributed by atoms with Gasteiger partial charge < -0.3 is 15.0 Å². The minimum atomic E-state index is -1.03. The highest BCUT2D eigenvalue weighted by atomic mass is 79.9. The maximum atomic E-state index is 13.7. The van der Waals surface area contributed by atoms with Gasteiger partial charge in [0.1, 0.15) is 17.8 Å². The molecular weight excluding hydrogens is 427 g/mol. The van der Waals surface area contributed by atoms with Gasteiger partial charge in [0, 0.05) is 16.9 Å². The maximum absolute atomic E-state index is 13.7. The number of ether oxygens (including phenoxy) is 1. The Bertz CT molecular complexity index is 715. The van der Waals surface area contributed by atoms with E-state index in [-0.39, 0.29) is 12.5 Å². The van der Waals surface area contributed by atoms with E-state index in [2.05, 4.69) is 21.2 Å². The number of likely N-dealkylation sites (tertiary alicyclic amines) is 1. The number of rotatable bonds is 5. The van der Waals surface area contributed by atoms with Crippen LogP contribution in [0.5, 0.6) is 0 Å². The Hall–Kier alpha value is -1.89. The van der Waals surface area contributed by atoms with Crippen molar-refractivity contribution >= 4 is 27.9 Å². The van der Waals surface area contributed by atoms with Crippen molar-refractivity contribution in [1.29, 1.82) is 0 Å². The molecule has 0 spiro atoms. The normalized spacial score (nSPS) is 19.5. The molecule has 28 heavy (non-hydrogen) atoms. The average molecular weight is 455 g/mol. The summed E-state index contributed by atoms with van der Waals surface area (Å²) in [5.41, 5.74) is 0.176. The van der Waals surface area contributed by atoms with Gasteiger partial charge in [0.25, 0.3) is 0 Å². The number of benzene rings is 1. The van der Waals surface area contributed by atoms with E-state index in [1.54, 1.807) is 20.8 Å². The van der Waals surface area contributed by atoms with Crippen LogP contribution in [0.4, 0.5) is 9.18 Å². The van der Waals surface area contributed by atoms with Crippen LogP contribution in [0.15, 0.2) is 40.9 Å². The highest BCUT2D eigenvalue weighted by Gasteiger charge is 2.37. The Labute approximate surface area is 174 Å². The van der Waals surface area contributed by atoms with E-state index in [1.165, 1.54) is 4.90 Å². The van der Waals surface area contributed by atoms with Crippen molar-refractivity contribution in [2.75, 3.05) is 13.1 Å². The Morgan fingerprint density at radius 2 is 1.96 bits per heavy atom. The number of allylic oxidation sites excluding steroid dienone is 1. The highest BCUT2D eigenvalue weighted by molar-refractivity contribution is 9.10.